The highest BCUT2D eigenvalue weighted by molar-refractivity contribution is 5.73. The molecule has 1 amide bonds. The van der Waals surface area contributed by atoms with E-state index in [0.717, 1.165) is 11.1 Å². The standard InChI is InChI=1S/C11H15NO3/c1-8-2-3-10(9(6-8)7-13)15-5-4-11(12)14/h2-3,6,13H,4-5,7H2,1H3,(H2,12,14). The number of nitrogens with two attached hydrogens (primary N) is 1. The van der Waals surface area contributed by atoms with Gasteiger partial charge in [0.15, 0.2) is 0 Å². The first-order chi connectivity index (χ1) is 7.13. The third-order valence-electron chi connectivity index (χ3n) is 1.99. The van der Waals surface area contributed by atoms with E-state index < -0.39 is 5.91 Å². The van der Waals surface area contributed by atoms with E-state index in [2.05, 4.69) is 0 Å². The zero-order valence-corrected chi connectivity index (χ0v) is 8.69. The second-order valence-electron chi connectivity index (χ2n) is 3.33. The Bertz CT molecular complexity index is 350. The summed E-state index contributed by atoms with van der Waals surface area (Å²) in [5.41, 5.74) is 6.76. The Morgan fingerprint density at radius 3 is 2.87 bits per heavy atom. The Balaban J connectivity index is 2.63. The summed E-state index contributed by atoms with van der Waals surface area (Å²) in [6.07, 6.45) is 0.179. The molecule has 0 unspecified atom stereocenters. The van der Waals surface area contributed by atoms with E-state index in [0.29, 0.717) is 5.75 Å². The van der Waals surface area contributed by atoms with Crippen LogP contribution in [-0.2, 0) is 11.4 Å². The number of hydrogen-bond donors (Lipinski definition) is 2. The molecule has 0 saturated heterocycles. The SMILES string of the molecule is Cc1ccc(OCCC(N)=O)c(CO)c1. The Morgan fingerprint density at radius 1 is 1.53 bits per heavy atom. The van der Waals surface area contributed by atoms with Gasteiger partial charge in [-0.25, -0.2) is 0 Å². The van der Waals surface area contributed by atoms with E-state index in [1.54, 1.807) is 6.07 Å². The molecule has 0 radical (unpaired) electrons. The van der Waals surface area contributed by atoms with Gasteiger partial charge in [-0.2, -0.15) is 0 Å². The van der Waals surface area contributed by atoms with Crippen molar-refractivity contribution in [2.75, 3.05) is 6.61 Å². The summed E-state index contributed by atoms with van der Waals surface area (Å²) in [4.78, 5) is 10.5. The van der Waals surface area contributed by atoms with E-state index in [-0.39, 0.29) is 19.6 Å². The summed E-state index contributed by atoms with van der Waals surface area (Å²) < 4.78 is 5.33. The highest BCUT2D eigenvalue weighted by atomic mass is 16.5. The fourth-order valence-corrected chi connectivity index (χ4v) is 1.23. The summed E-state index contributed by atoms with van der Waals surface area (Å²) >= 11 is 0. The van der Waals surface area contributed by atoms with Crippen molar-refractivity contribution >= 4 is 5.91 Å². The fourth-order valence-electron chi connectivity index (χ4n) is 1.23. The summed E-state index contributed by atoms with van der Waals surface area (Å²) in [5.74, 6) is 0.206. The van der Waals surface area contributed by atoms with Crippen LogP contribution in [0, 0.1) is 6.92 Å². The molecule has 0 fully saturated rings. The normalized spacial score (nSPS) is 10.0. The average molecular weight is 209 g/mol. The number of aliphatic hydroxyl groups excluding tert-OH is 1. The van der Waals surface area contributed by atoms with Crippen LogP contribution in [0.3, 0.4) is 0 Å². The summed E-state index contributed by atoms with van der Waals surface area (Å²) in [7, 11) is 0. The quantitative estimate of drug-likeness (QED) is 0.751. The Morgan fingerprint density at radius 2 is 2.27 bits per heavy atom. The van der Waals surface area contributed by atoms with Crippen molar-refractivity contribution in [3.8, 4) is 5.75 Å². The monoisotopic (exact) mass is 209 g/mol. The van der Waals surface area contributed by atoms with Gasteiger partial charge in [-0.3, -0.25) is 4.79 Å². The van der Waals surface area contributed by atoms with Crippen LogP contribution >= 0.6 is 0 Å². The number of aliphatic hydroxyl groups is 1. The fraction of sp³-hybridized carbons (Fsp3) is 0.364. The number of aryl methyl sites for hydroxylation is 1. The first kappa shape index (κ1) is 11.5. The average Bonchev–Trinajstić information content (AvgIpc) is 2.19. The van der Waals surface area contributed by atoms with Crippen LogP contribution in [0.2, 0.25) is 0 Å². The Kier molecular flexibility index (Phi) is 4.12. The number of carbonyl (C=O) groups excluding carboxylic acids is 1. The van der Waals surface area contributed by atoms with Gasteiger partial charge < -0.3 is 15.6 Å². The minimum absolute atomic E-state index is 0.0758. The molecule has 1 aromatic carbocycles. The van der Waals surface area contributed by atoms with E-state index in [4.69, 9.17) is 15.6 Å². The van der Waals surface area contributed by atoms with E-state index >= 15 is 0 Å². The molecular weight excluding hydrogens is 194 g/mol. The molecule has 4 heteroatoms. The number of rotatable bonds is 5. The molecule has 82 valence electrons. The van der Waals surface area contributed by atoms with Crippen molar-refractivity contribution < 1.29 is 14.6 Å². The van der Waals surface area contributed by atoms with Crippen molar-refractivity contribution in [1.82, 2.24) is 0 Å². The first-order valence-corrected chi connectivity index (χ1v) is 4.75. The first-order valence-electron chi connectivity index (χ1n) is 4.75. The zero-order valence-electron chi connectivity index (χ0n) is 8.69. The van der Waals surface area contributed by atoms with Gasteiger partial charge in [0.05, 0.1) is 19.6 Å². The van der Waals surface area contributed by atoms with Gasteiger partial charge in [-0.15, -0.1) is 0 Å². The smallest absolute Gasteiger partial charge is 0.220 e. The van der Waals surface area contributed by atoms with E-state index in [1.807, 2.05) is 19.1 Å². The molecule has 0 aliphatic heterocycles. The molecule has 1 aromatic rings. The Hall–Kier alpha value is -1.55. The molecule has 0 aliphatic carbocycles. The molecule has 1 rings (SSSR count). The lowest BCUT2D eigenvalue weighted by molar-refractivity contribution is -0.118. The number of ether oxygens (including phenoxy) is 1. The summed E-state index contributed by atoms with van der Waals surface area (Å²) in [5, 5.41) is 9.08. The number of amides is 1. The molecule has 0 heterocycles. The van der Waals surface area contributed by atoms with Crippen LogP contribution in [0.25, 0.3) is 0 Å². The van der Waals surface area contributed by atoms with Crippen LogP contribution < -0.4 is 10.5 Å². The maximum atomic E-state index is 10.5. The minimum Gasteiger partial charge on any atom is -0.493 e. The van der Waals surface area contributed by atoms with Crippen LogP contribution in [0.5, 0.6) is 5.75 Å². The number of primary amides is 1. The maximum Gasteiger partial charge on any atom is 0.220 e. The molecule has 0 bridgehead atoms. The van der Waals surface area contributed by atoms with Gasteiger partial charge in [0.1, 0.15) is 5.75 Å². The molecule has 4 nitrogen and oxygen atoms in total. The molecule has 0 aliphatic rings. The molecule has 0 saturated carbocycles. The zero-order chi connectivity index (χ0) is 11.3. The Labute approximate surface area is 88.7 Å². The lowest BCUT2D eigenvalue weighted by Crippen LogP contribution is -2.15. The molecular formula is C11H15NO3. The minimum atomic E-state index is -0.396. The van der Waals surface area contributed by atoms with Crippen LogP contribution in [-0.4, -0.2) is 17.6 Å². The highest BCUT2D eigenvalue weighted by Gasteiger charge is 2.03. The third kappa shape index (κ3) is 3.59. The molecule has 3 N–H and O–H groups in total. The van der Waals surface area contributed by atoms with Crippen molar-refractivity contribution in [3.63, 3.8) is 0 Å². The van der Waals surface area contributed by atoms with Crippen molar-refractivity contribution in [1.29, 1.82) is 0 Å². The lowest BCUT2D eigenvalue weighted by Gasteiger charge is -2.09. The third-order valence-corrected chi connectivity index (χ3v) is 1.99. The topological polar surface area (TPSA) is 72.5 Å². The summed E-state index contributed by atoms with van der Waals surface area (Å²) in [6, 6.07) is 5.51. The molecule has 0 spiro atoms. The van der Waals surface area contributed by atoms with E-state index in [1.165, 1.54) is 0 Å². The van der Waals surface area contributed by atoms with Crippen LogP contribution in [0.4, 0.5) is 0 Å². The van der Waals surface area contributed by atoms with Gasteiger partial charge in [0, 0.05) is 5.56 Å². The number of carbonyl (C=O) groups is 1. The predicted octanol–water partition coefficient (Wildman–Crippen LogP) is 0.742. The van der Waals surface area contributed by atoms with Crippen molar-refractivity contribution in [2.45, 2.75) is 20.0 Å². The van der Waals surface area contributed by atoms with Gasteiger partial charge in [0.2, 0.25) is 5.91 Å². The highest BCUT2D eigenvalue weighted by Crippen LogP contribution is 2.19. The largest absolute Gasteiger partial charge is 0.493 e. The number of benzene rings is 1. The van der Waals surface area contributed by atoms with Gasteiger partial charge in [0.25, 0.3) is 0 Å². The van der Waals surface area contributed by atoms with Gasteiger partial charge in [-0.1, -0.05) is 17.7 Å². The van der Waals surface area contributed by atoms with Crippen LogP contribution in [0.15, 0.2) is 18.2 Å². The van der Waals surface area contributed by atoms with Crippen LogP contribution in [0.1, 0.15) is 17.5 Å². The number of hydrogen-bond acceptors (Lipinski definition) is 3. The summed E-state index contributed by atoms with van der Waals surface area (Å²) in [6.45, 7) is 2.10. The van der Waals surface area contributed by atoms with E-state index in [9.17, 15) is 4.79 Å². The second kappa shape index (κ2) is 5.36. The predicted molar refractivity (Wildman–Crippen MR) is 56.4 cm³/mol. The second-order valence-corrected chi connectivity index (χ2v) is 3.33. The molecule has 15 heavy (non-hydrogen) atoms. The molecule has 0 atom stereocenters. The molecule has 0 aromatic heterocycles. The van der Waals surface area contributed by atoms with Gasteiger partial charge >= 0.3 is 0 Å². The van der Waals surface area contributed by atoms with Crippen molar-refractivity contribution in [3.05, 3.63) is 29.3 Å². The van der Waals surface area contributed by atoms with Crippen molar-refractivity contribution in [2.24, 2.45) is 5.73 Å². The van der Waals surface area contributed by atoms with Gasteiger partial charge in [-0.05, 0) is 13.0 Å². The maximum absolute atomic E-state index is 10.5. The lowest BCUT2D eigenvalue weighted by atomic mass is 10.1.